The maximum absolute atomic E-state index is 13.3. The van der Waals surface area contributed by atoms with Crippen LogP contribution in [0.15, 0.2) is 76.5 Å². The standard InChI is InChI=1S/C31H37ClN2O7S/c1-5-16-33-27-14-13-25(19-26(27)29(36)37)42(39,40)24-11-9-21(10-12-24)15-17-34(30(38)41-31(2,3)4)20-28(35)22-7-6-8-23(32)18-22/h6-14,18-19,28,33,35H,5,15-17,20H2,1-4H3,(H,36,37)/t28-/m1/s1. The van der Waals surface area contributed by atoms with Gasteiger partial charge in [0.15, 0.2) is 0 Å². The highest BCUT2D eigenvalue weighted by molar-refractivity contribution is 7.91. The minimum atomic E-state index is -3.98. The number of aromatic carboxylic acids is 1. The number of sulfone groups is 1. The molecule has 3 aromatic rings. The van der Waals surface area contributed by atoms with Gasteiger partial charge in [0.2, 0.25) is 9.84 Å². The van der Waals surface area contributed by atoms with Gasteiger partial charge in [0.25, 0.3) is 0 Å². The van der Waals surface area contributed by atoms with Gasteiger partial charge in [0.1, 0.15) is 5.60 Å². The van der Waals surface area contributed by atoms with Crippen LogP contribution in [0.5, 0.6) is 0 Å². The molecular formula is C31H37ClN2O7S. The van der Waals surface area contributed by atoms with Gasteiger partial charge in [0.05, 0.1) is 28.0 Å². The molecule has 11 heteroatoms. The molecule has 226 valence electrons. The monoisotopic (exact) mass is 616 g/mol. The van der Waals surface area contributed by atoms with Crippen molar-refractivity contribution < 1.29 is 33.0 Å². The molecule has 0 aliphatic carbocycles. The average Bonchev–Trinajstić information content (AvgIpc) is 2.93. The van der Waals surface area contributed by atoms with Crippen molar-refractivity contribution in [2.24, 2.45) is 0 Å². The predicted octanol–water partition coefficient (Wildman–Crippen LogP) is 6.21. The Kier molecular flexibility index (Phi) is 11.0. The average molecular weight is 617 g/mol. The van der Waals surface area contributed by atoms with Gasteiger partial charge < -0.3 is 25.2 Å². The molecule has 0 unspecified atom stereocenters. The van der Waals surface area contributed by atoms with Crippen LogP contribution in [0.25, 0.3) is 0 Å². The molecule has 0 saturated heterocycles. The Morgan fingerprint density at radius 3 is 2.29 bits per heavy atom. The molecule has 0 fully saturated rings. The number of aliphatic hydroxyl groups excluding tert-OH is 1. The molecular weight excluding hydrogens is 580 g/mol. The van der Waals surface area contributed by atoms with Crippen LogP contribution in [0, 0.1) is 0 Å². The number of hydrogen-bond acceptors (Lipinski definition) is 7. The Bertz CT molecular complexity index is 1500. The number of carboxylic acid groups (broad SMARTS) is 1. The molecule has 1 atom stereocenters. The third-order valence-electron chi connectivity index (χ3n) is 6.28. The molecule has 0 radical (unpaired) electrons. The van der Waals surface area contributed by atoms with Gasteiger partial charge in [-0.05, 0) is 87.2 Å². The summed E-state index contributed by atoms with van der Waals surface area (Å²) >= 11 is 6.06. The second kappa shape index (κ2) is 14.0. The van der Waals surface area contributed by atoms with E-state index < -0.39 is 33.6 Å². The first-order chi connectivity index (χ1) is 19.7. The van der Waals surface area contributed by atoms with E-state index in [1.165, 1.54) is 29.2 Å². The highest BCUT2D eigenvalue weighted by Crippen LogP contribution is 2.27. The third-order valence-corrected chi connectivity index (χ3v) is 8.28. The lowest BCUT2D eigenvalue weighted by molar-refractivity contribution is 0.0147. The third kappa shape index (κ3) is 8.95. The fourth-order valence-electron chi connectivity index (χ4n) is 4.13. The Morgan fingerprint density at radius 1 is 1.02 bits per heavy atom. The first-order valence-electron chi connectivity index (χ1n) is 13.6. The molecule has 0 aliphatic heterocycles. The number of nitrogens with one attached hydrogen (secondary N) is 1. The van der Waals surface area contributed by atoms with Crippen LogP contribution in [-0.4, -0.2) is 60.8 Å². The number of ether oxygens (including phenoxy) is 1. The van der Waals surface area contributed by atoms with Gasteiger partial charge in [-0.15, -0.1) is 0 Å². The number of carbonyl (C=O) groups is 2. The van der Waals surface area contributed by atoms with E-state index in [0.717, 1.165) is 18.1 Å². The van der Waals surface area contributed by atoms with Gasteiger partial charge in [-0.3, -0.25) is 0 Å². The van der Waals surface area contributed by atoms with Crippen molar-refractivity contribution in [3.05, 3.63) is 88.4 Å². The second-order valence-electron chi connectivity index (χ2n) is 10.8. The summed E-state index contributed by atoms with van der Waals surface area (Å²) < 4.78 is 32.1. The number of benzene rings is 3. The summed E-state index contributed by atoms with van der Waals surface area (Å²) in [5.74, 6) is -1.23. The number of nitrogens with zero attached hydrogens (tertiary/aromatic N) is 1. The van der Waals surface area contributed by atoms with Gasteiger partial charge in [-0.2, -0.15) is 0 Å². The summed E-state index contributed by atoms with van der Waals surface area (Å²) in [6.07, 6.45) is -0.441. The van der Waals surface area contributed by atoms with E-state index in [-0.39, 0.29) is 28.4 Å². The SMILES string of the molecule is CCCNc1ccc(S(=O)(=O)c2ccc(CCN(C[C@@H](O)c3cccc(Cl)c3)C(=O)OC(C)(C)C)cc2)cc1C(=O)O. The summed E-state index contributed by atoms with van der Waals surface area (Å²) in [5, 5.41) is 23.9. The Morgan fingerprint density at radius 2 is 1.69 bits per heavy atom. The number of halogens is 1. The molecule has 0 spiro atoms. The molecule has 3 aromatic carbocycles. The largest absolute Gasteiger partial charge is 0.478 e. The number of carbonyl (C=O) groups excluding carboxylic acids is 1. The maximum atomic E-state index is 13.3. The van der Waals surface area contributed by atoms with Crippen LogP contribution in [-0.2, 0) is 21.0 Å². The van der Waals surface area contributed by atoms with Gasteiger partial charge in [-0.25, -0.2) is 18.0 Å². The molecule has 3 N–H and O–H groups in total. The van der Waals surface area contributed by atoms with Crippen LogP contribution in [0.4, 0.5) is 10.5 Å². The van der Waals surface area contributed by atoms with Crippen molar-refractivity contribution in [1.29, 1.82) is 0 Å². The lowest BCUT2D eigenvalue weighted by Crippen LogP contribution is -2.40. The second-order valence-corrected chi connectivity index (χ2v) is 13.2. The zero-order valence-corrected chi connectivity index (χ0v) is 25.7. The van der Waals surface area contributed by atoms with E-state index in [9.17, 15) is 28.2 Å². The summed E-state index contributed by atoms with van der Waals surface area (Å²) in [6, 6.07) is 17.0. The first-order valence-corrected chi connectivity index (χ1v) is 15.4. The van der Waals surface area contributed by atoms with Crippen molar-refractivity contribution in [2.75, 3.05) is 25.0 Å². The highest BCUT2D eigenvalue weighted by atomic mass is 35.5. The minimum absolute atomic E-state index is 0.0113. The number of aliphatic hydroxyl groups is 1. The van der Waals surface area contributed by atoms with Crippen LogP contribution in [0.1, 0.15) is 61.7 Å². The highest BCUT2D eigenvalue weighted by Gasteiger charge is 2.25. The van der Waals surface area contributed by atoms with Gasteiger partial charge in [0, 0.05) is 23.8 Å². The molecule has 0 heterocycles. The van der Waals surface area contributed by atoms with Crippen molar-refractivity contribution in [2.45, 2.75) is 62.0 Å². The van der Waals surface area contributed by atoms with E-state index in [2.05, 4.69) is 5.32 Å². The van der Waals surface area contributed by atoms with E-state index in [4.69, 9.17) is 16.3 Å². The molecule has 3 rings (SSSR count). The molecule has 0 saturated carbocycles. The van der Waals surface area contributed by atoms with Crippen molar-refractivity contribution in [3.8, 4) is 0 Å². The Hall–Kier alpha value is -3.60. The molecule has 0 aliphatic rings. The number of amides is 1. The van der Waals surface area contributed by atoms with Gasteiger partial charge >= 0.3 is 12.1 Å². The van der Waals surface area contributed by atoms with E-state index in [0.29, 0.717) is 29.2 Å². The summed E-state index contributed by atoms with van der Waals surface area (Å²) in [7, 11) is -3.98. The Balaban J connectivity index is 1.77. The predicted molar refractivity (Wildman–Crippen MR) is 162 cm³/mol. The van der Waals surface area contributed by atoms with Crippen LogP contribution in [0.3, 0.4) is 0 Å². The van der Waals surface area contributed by atoms with Gasteiger partial charge in [-0.1, -0.05) is 42.8 Å². The van der Waals surface area contributed by atoms with Crippen LogP contribution < -0.4 is 5.32 Å². The number of carboxylic acids is 1. The fourth-order valence-corrected chi connectivity index (χ4v) is 5.61. The zero-order valence-electron chi connectivity index (χ0n) is 24.1. The van der Waals surface area contributed by atoms with Crippen molar-refractivity contribution >= 4 is 39.2 Å². The Labute approximate surface area is 252 Å². The van der Waals surface area contributed by atoms with E-state index in [1.807, 2.05) is 6.92 Å². The summed E-state index contributed by atoms with van der Waals surface area (Å²) in [6.45, 7) is 7.93. The van der Waals surface area contributed by atoms with E-state index >= 15 is 0 Å². The molecule has 0 bridgehead atoms. The smallest absolute Gasteiger partial charge is 0.410 e. The normalized spacial score (nSPS) is 12.4. The fraction of sp³-hybridized carbons (Fsp3) is 0.355. The first kappa shape index (κ1) is 32.9. The van der Waals surface area contributed by atoms with Crippen LogP contribution in [0.2, 0.25) is 5.02 Å². The quantitative estimate of drug-likeness (QED) is 0.219. The minimum Gasteiger partial charge on any atom is -0.478 e. The lowest BCUT2D eigenvalue weighted by atomic mass is 10.1. The molecule has 0 aromatic heterocycles. The molecule has 42 heavy (non-hydrogen) atoms. The number of rotatable bonds is 12. The maximum Gasteiger partial charge on any atom is 0.410 e. The van der Waals surface area contributed by atoms with E-state index in [1.54, 1.807) is 57.2 Å². The van der Waals surface area contributed by atoms with Crippen LogP contribution >= 0.6 is 11.6 Å². The zero-order chi connectivity index (χ0) is 31.1. The number of anilines is 1. The lowest BCUT2D eigenvalue weighted by Gasteiger charge is -2.29. The van der Waals surface area contributed by atoms with Crippen molar-refractivity contribution in [3.63, 3.8) is 0 Å². The van der Waals surface area contributed by atoms with Crippen molar-refractivity contribution in [1.82, 2.24) is 4.90 Å². The summed E-state index contributed by atoms with van der Waals surface area (Å²) in [4.78, 5) is 26.0. The molecule has 9 nitrogen and oxygen atoms in total. The summed E-state index contributed by atoms with van der Waals surface area (Å²) in [5.41, 5.74) is 0.810. The molecule has 1 amide bonds. The topological polar surface area (TPSA) is 133 Å². The number of hydrogen-bond donors (Lipinski definition) is 3.